The average molecular weight is 452 g/mol. The van der Waals surface area contributed by atoms with Crippen LogP contribution in [0.2, 0.25) is 0 Å². The molecule has 5 rings (SSSR count). The predicted octanol–water partition coefficient (Wildman–Crippen LogP) is 3.75. The molecule has 0 saturated carbocycles. The van der Waals surface area contributed by atoms with Crippen molar-refractivity contribution in [3.8, 4) is 5.82 Å². The second kappa shape index (κ2) is 7.80. The minimum absolute atomic E-state index is 0.0676. The predicted molar refractivity (Wildman–Crippen MR) is 123 cm³/mol. The lowest BCUT2D eigenvalue weighted by Gasteiger charge is -2.18. The van der Waals surface area contributed by atoms with E-state index >= 15 is 0 Å². The van der Waals surface area contributed by atoms with Crippen molar-refractivity contribution in [1.82, 2.24) is 29.8 Å². The highest BCUT2D eigenvalue weighted by atomic mass is 19.1. The second-order valence-corrected chi connectivity index (χ2v) is 9.04. The number of fused-ring (bicyclic) bond motifs is 2. The van der Waals surface area contributed by atoms with Crippen LogP contribution in [-0.2, 0) is 18.6 Å². The molecule has 4 aromatic rings. The van der Waals surface area contributed by atoms with Gasteiger partial charge in [-0.25, -0.2) is 18.7 Å². The maximum Gasteiger partial charge on any atom is 0.278 e. The zero-order valence-electron chi connectivity index (χ0n) is 19.0. The van der Waals surface area contributed by atoms with E-state index in [0.717, 1.165) is 25.2 Å². The van der Waals surface area contributed by atoms with Gasteiger partial charge in [0.05, 0.1) is 0 Å². The molecule has 0 aliphatic carbocycles. The maximum absolute atomic E-state index is 14.4. The minimum Gasteiger partial charge on any atom is -0.356 e. The monoisotopic (exact) mass is 451 g/mol. The van der Waals surface area contributed by atoms with E-state index in [4.69, 9.17) is 4.52 Å². The molecule has 0 atom stereocenters. The van der Waals surface area contributed by atoms with Crippen molar-refractivity contribution in [3.05, 3.63) is 57.7 Å². The van der Waals surface area contributed by atoms with Crippen LogP contribution in [0.5, 0.6) is 0 Å². The van der Waals surface area contributed by atoms with E-state index in [1.54, 1.807) is 4.68 Å². The summed E-state index contributed by atoms with van der Waals surface area (Å²) in [5.41, 5.74) is 1.84. The highest BCUT2D eigenvalue weighted by Crippen LogP contribution is 2.28. The molecule has 3 aromatic heterocycles. The summed E-state index contributed by atoms with van der Waals surface area (Å²) in [5.74, 6) is 0.695. The molecule has 1 aliphatic rings. The third-order valence-corrected chi connectivity index (χ3v) is 5.76. The quantitative estimate of drug-likeness (QED) is 0.476. The topological polar surface area (TPSA) is 103 Å². The minimum atomic E-state index is -1.71. The summed E-state index contributed by atoms with van der Waals surface area (Å²) in [7, 11) is 0. The average Bonchev–Trinajstić information content (AvgIpc) is 3.37. The van der Waals surface area contributed by atoms with E-state index in [2.05, 4.69) is 37.9 Å². The molecule has 10 heteroatoms. The molecule has 0 radical (unpaired) electrons. The molecule has 1 aromatic carbocycles. The van der Waals surface area contributed by atoms with Gasteiger partial charge in [0.25, 0.3) is 5.56 Å². The van der Waals surface area contributed by atoms with E-state index in [0.29, 0.717) is 17.0 Å². The zero-order chi connectivity index (χ0) is 23.3. The van der Waals surface area contributed by atoms with Crippen LogP contribution in [0.3, 0.4) is 0 Å². The van der Waals surface area contributed by atoms with Crippen molar-refractivity contribution in [1.29, 1.82) is 0 Å². The Labute approximate surface area is 189 Å². The first-order valence-corrected chi connectivity index (χ1v) is 11.0. The molecular formula is C23H26FN7O2. The fourth-order valence-electron chi connectivity index (χ4n) is 4.08. The molecule has 33 heavy (non-hydrogen) atoms. The molecule has 9 nitrogen and oxygen atoms in total. The lowest BCUT2D eigenvalue weighted by Crippen LogP contribution is -2.24. The lowest BCUT2D eigenvalue weighted by molar-refractivity contribution is 0.163. The number of aromatic nitrogens is 5. The third kappa shape index (κ3) is 3.80. The molecule has 0 saturated heterocycles. The summed E-state index contributed by atoms with van der Waals surface area (Å²) < 4.78 is 22.7. The fourth-order valence-corrected chi connectivity index (χ4v) is 4.08. The van der Waals surface area contributed by atoms with Crippen molar-refractivity contribution in [2.75, 3.05) is 11.9 Å². The van der Waals surface area contributed by atoms with E-state index < -0.39 is 5.67 Å². The molecule has 4 heterocycles. The highest BCUT2D eigenvalue weighted by molar-refractivity contribution is 5.77. The highest BCUT2D eigenvalue weighted by Gasteiger charge is 2.27. The van der Waals surface area contributed by atoms with Crippen LogP contribution in [-0.4, -0.2) is 31.0 Å². The van der Waals surface area contributed by atoms with Crippen LogP contribution < -0.4 is 16.2 Å². The summed E-state index contributed by atoms with van der Waals surface area (Å²) >= 11 is 0. The number of nitrogens with zero attached hydrogens (tertiary/aromatic N) is 5. The molecule has 1 aliphatic heterocycles. The number of anilines is 2. The molecule has 172 valence electrons. The van der Waals surface area contributed by atoms with Gasteiger partial charge in [0.1, 0.15) is 5.39 Å². The van der Waals surface area contributed by atoms with Crippen LogP contribution in [0.1, 0.15) is 50.6 Å². The smallest absolute Gasteiger partial charge is 0.278 e. The summed E-state index contributed by atoms with van der Waals surface area (Å²) in [5, 5.41) is 11.0. The summed E-state index contributed by atoms with van der Waals surface area (Å²) in [6, 6.07) is 7.46. The Hall–Kier alpha value is -3.53. The molecular weight excluding hydrogens is 425 g/mol. The van der Waals surface area contributed by atoms with E-state index in [1.807, 2.05) is 19.9 Å². The van der Waals surface area contributed by atoms with Crippen molar-refractivity contribution in [2.24, 2.45) is 0 Å². The van der Waals surface area contributed by atoms with Gasteiger partial charge in [-0.15, -0.1) is 0 Å². The number of halogens is 1. The van der Waals surface area contributed by atoms with Gasteiger partial charge in [-0.05, 0) is 63.9 Å². The number of hydrogen-bond donors (Lipinski definition) is 2. The van der Waals surface area contributed by atoms with Gasteiger partial charge in [-0.1, -0.05) is 11.2 Å². The number of benzene rings is 1. The molecule has 0 spiro atoms. The summed E-state index contributed by atoms with van der Waals surface area (Å²) in [4.78, 5) is 22.1. The molecule has 0 fully saturated rings. The molecule has 2 N–H and O–H groups in total. The van der Waals surface area contributed by atoms with Crippen LogP contribution in [0.4, 0.5) is 16.0 Å². The van der Waals surface area contributed by atoms with Gasteiger partial charge >= 0.3 is 0 Å². The zero-order valence-corrected chi connectivity index (χ0v) is 19.0. The van der Waals surface area contributed by atoms with Crippen LogP contribution in [0.15, 0.2) is 39.8 Å². The van der Waals surface area contributed by atoms with Crippen LogP contribution in [0.25, 0.3) is 16.9 Å². The Balaban J connectivity index is 1.61. The first-order valence-electron chi connectivity index (χ1n) is 11.0. The first kappa shape index (κ1) is 21.3. The van der Waals surface area contributed by atoms with Crippen molar-refractivity contribution in [3.63, 3.8) is 0 Å². The SMILES string of the molecule is CC(C)n1c(=O)c2cnc(Nc3ccc4c(c3)CCNC4)nc2n1-c1cc(C(C)(C)F)on1. The normalized spacial score (nSPS) is 14.1. The number of nitrogens with one attached hydrogen (secondary N) is 2. The Morgan fingerprint density at radius 3 is 2.79 bits per heavy atom. The van der Waals surface area contributed by atoms with Crippen molar-refractivity contribution < 1.29 is 8.91 Å². The Morgan fingerprint density at radius 1 is 1.24 bits per heavy atom. The Morgan fingerprint density at radius 2 is 2.06 bits per heavy atom. The van der Waals surface area contributed by atoms with Crippen LogP contribution >= 0.6 is 0 Å². The van der Waals surface area contributed by atoms with Gasteiger partial charge in [-0.2, -0.15) is 4.98 Å². The van der Waals surface area contributed by atoms with Crippen LogP contribution in [0, 0.1) is 0 Å². The fraction of sp³-hybridized carbons (Fsp3) is 0.391. The lowest BCUT2D eigenvalue weighted by atomic mass is 10.0. The summed E-state index contributed by atoms with van der Waals surface area (Å²) in [6.07, 6.45) is 2.46. The summed E-state index contributed by atoms with van der Waals surface area (Å²) in [6.45, 7) is 8.35. The molecule has 0 bridgehead atoms. The van der Waals surface area contributed by atoms with Crippen molar-refractivity contribution >= 4 is 22.7 Å². The van der Waals surface area contributed by atoms with Crippen molar-refractivity contribution in [2.45, 2.75) is 52.4 Å². The standard InChI is InChI=1S/C23H26FN7O2/c1-13(2)30-21(32)17-12-26-22(27-16-6-5-15-11-25-8-7-14(15)9-16)28-20(17)31(30)19-10-18(33-29-19)23(3,4)24/h5-6,9-10,12-13,25H,7-8,11H2,1-4H3,(H,26,27,28). The second-order valence-electron chi connectivity index (χ2n) is 9.04. The van der Waals surface area contributed by atoms with Gasteiger partial charge < -0.3 is 15.2 Å². The largest absolute Gasteiger partial charge is 0.356 e. The van der Waals surface area contributed by atoms with Gasteiger partial charge in [-0.3, -0.25) is 4.79 Å². The Kier molecular flexibility index (Phi) is 5.04. The Bertz CT molecular complexity index is 1390. The maximum atomic E-state index is 14.4. The first-order chi connectivity index (χ1) is 15.7. The number of hydrogen-bond acceptors (Lipinski definition) is 7. The molecule has 0 amide bonds. The van der Waals surface area contributed by atoms with Gasteiger partial charge in [0.15, 0.2) is 22.9 Å². The van der Waals surface area contributed by atoms with Gasteiger partial charge in [0.2, 0.25) is 5.95 Å². The van der Waals surface area contributed by atoms with E-state index in [1.165, 1.54) is 41.9 Å². The number of alkyl halides is 1. The van der Waals surface area contributed by atoms with Gasteiger partial charge in [0, 0.05) is 30.5 Å². The van der Waals surface area contributed by atoms with E-state index in [9.17, 15) is 9.18 Å². The third-order valence-electron chi connectivity index (χ3n) is 5.76. The number of rotatable bonds is 5. The van der Waals surface area contributed by atoms with E-state index in [-0.39, 0.29) is 23.2 Å². The molecule has 0 unspecified atom stereocenters.